The number of para-hydroxylation sites is 1. The molecule has 0 saturated heterocycles. The molecule has 0 aromatic heterocycles. The van der Waals surface area contributed by atoms with Crippen molar-refractivity contribution in [2.45, 2.75) is 38.5 Å². The Bertz CT molecular complexity index is 518. The van der Waals surface area contributed by atoms with Gasteiger partial charge in [0, 0.05) is 9.89 Å². The maximum absolute atomic E-state index is 5.86. The first kappa shape index (κ1) is 13.3. The topological polar surface area (TPSA) is 12.0 Å². The van der Waals surface area contributed by atoms with Gasteiger partial charge >= 0.3 is 0 Å². The van der Waals surface area contributed by atoms with Gasteiger partial charge in [-0.05, 0) is 84.3 Å². The zero-order valence-corrected chi connectivity index (χ0v) is 14.0. The van der Waals surface area contributed by atoms with E-state index in [-0.39, 0.29) is 0 Å². The van der Waals surface area contributed by atoms with Crippen LogP contribution in [0.3, 0.4) is 0 Å². The Hall–Kier alpha value is -0.410. The largest absolute Gasteiger partial charge is 0.349 e. The van der Waals surface area contributed by atoms with Crippen LogP contribution in [-0.4, -0.2) is 4.99 Å². The van der Waals surface area contributed by atoms with Gasteiger partial charge in [-0.1, -0.05) is 24.4 Å². The second kappa shape index (κ2) is 4.81. The number of hydrogen-bond donors (Lipinski definition) is 1. The Morgan fingerprint density at radius 3 is 2.15 bits per heavy atom. The van der Waals surface area contributed by atoms with Crippen LogP contribution < -0.4 is 5.32 Å². The number of anilines is 1. The van der Waals surface area contributed by atoms with Gasteiger partial charge in [-0.15, -0.1) is 0 Å². The Kier molecular flexibility index (Phi) is 3.19. The molecule has 1 aromatic rings. The third kappa shape index (κ3) is 2.14. The monoisotopic (exact) mass is 349 g/mol. The summed E-state index contributed by atoms with van der Waals surface area (Å²) in [4.78, 5) is 1.10. The van der Waals surface area contributed by atoms with Crippen LogP contribution in [0.4, 0.5) is 5.69 Å². The SMILES string of the molecule is S=C(Nc1ccccc1Br)C12CC3CC(CC(C3)C1)C2. The van der Waals surface area contributed by atoms with Gasteiger partial charge in [0.1, 0.15) is 0 Å². The zero-order chi connectivity index (χ0) is 13.7. The lowest BCUT2D eigenvalue weighted by Crippen LogP contribution is -2.51. The highest BCUT2D eigenvalue weighted by Gasteiger charge is 2.52. The van der Waals surface area contributed by atoms with Gasteiger partial charge in [-0.25, -0.2) is 0 Å². The summed E-state index contributed by atoms with van der Waals surface area (Å²) in [7, 11) is 0. The molecule has 1 N–H and O–H groups in total. The highest BCUT2D eigenvalue weighted by atomic mass is 79.9. The molecular formula is C17H20BrNS. The molecule has 3 heteroatoms. The second-order valence-electron chi connectivity index (χ2n) is 7.13. The van der Waals surface area contributed by atoms with Crippen LogP contribution in [0.2, 0.25) is 0 Å². The van der Waals surface area contributed by atoms with Crippen LogP contribution in [0, 0.1) is 23.2 Å². The van der Waals surface area contributed by atoms with E-state index >= 15 is 0 Å². The first-order valence-corrected chi connectivity index (χ1v) is 8.91. The standard InChI is InChI=1S/C17H20BrNS/c18-14-3-1-2-4-15(14)19-16(20)17-8-11-5-12(9-17)7-13(6-11)10-17/h1-4,11-13H,5-10H2,(H,19,20). The Morgan fingerprint density at radius 2 is 1.60 bits per heavy atom. The number of benzene rings is 1. The molecule has 0 radical (unpaired) electrons. The molecule has 20 heavy (non-hydrogen) atoms. The summed E-state index contributed by atoms with van der Waals surface area (Å²) < 4.78 is 1.10. The molecule has 1 aromatic carbocycles. The number of halogens is 1. The van der Waals surface area contributed by atoms with E-state index < -0.39 is 0 Å². The molecule has 0 aliphatic heterocycles. The lowest BCUT2D eigenvalue weighted by atomic mass is 9.49. The minimum absolute atomic E-state index is 0.305. The molecule has 0 spiro atoms. The third-order valence-corrected chi connectivity index (χ3v) is 6.87. The lowest BCUT2D eigenvalue weighted by molar-refractivity contribution is -0.0110. The molecule has 4 bridgehead atoms. The Morgan fingerprint density at radius 1 is 1.05 bits per heavy atom. The van der Waals surface area contributed by atoms with E-state index in [1.165, 1.54) is 38.5 Å². The van der Waals surface area contributed by atoms with Gasteiger partial charge in [0.2, 0.25) is 0 Å². The van der Waals surface area contributed by atoms with Crippen LogP contribution >= 0.6 is 28.1 Å². The predicted octanol–water partition coefficient (Wildman–Crippen LogP) is 5.40. The quantitative estimate of drug-likeness (QED) is 0.716. The molecule has 4 aliphatic rings. The lowest BCUT2D eigenvalue weighted by Gasteiger charge is -2.56. The molecule has 0 unspecified atom stereocenters. The summed E-state index contributed by atoms with van der Waals surface area (Å²) in [6.07, 6.45) is 8.39. The van der Waals surface area contributed by atoms with E-state index in [0.29, 0.717) is 5.41 Å². The van der Waals surface area contributed by atoms with Gasteiger partial charge in [0.05, 0.1) is 10.7 Å². The first-order valence-electron chi connectivity index (χ1n) is 7.71. The van der Waals surface area contributed by atoms with Crippen LogP contribution in [0.15, 0.2) is 28.7 Å². The van der Waals surface area contributed by atoms with Crippen molar-refractivity contribution in [2.24, 2.45) is 23.2 Å². The Labute approximate surface area is 134 Å². The van der Waals surface area contributed by atoms with E-state index in [1.54, 1.807) is 0 Å². The molecule has 0 atom stereocenters. The van der Waals surface area contributed by atoms with Crippen LogP contribution in [0.25, 0.3) is 0 Å². The van der Waals surface area contributed by atoms with Crippen molar-refractivity contribution < 1.29 is 0 Å². The van der Waals surface area contributed by atoms with E-state index in [2.05, 4.69) is 39.4 Å². The van der Waals surface area contributed by atoms with Crippen molar-refractivity contribution in [3.63, 3.8) is 0 Å². The Balaban J connectivity index is 1.58. The summed E-state index contributed by atoms with van der Waals surface area (Å²) in [5.74, 6) is 2.83. The van der Waals surface area contributed by atoms with E-state index in [1.807, 2.05) is 6.07 Å². The summed E-state index contributed by atoms with van der Waals surface area (Å²) in [5.41, 5.74) is 1.42. The van der Waals surface area contributed by atoms with Crippen molar-refractivity contribution in [2.75, 3.05) is 5.32 Å². The first-order chi connectivity index (χ1) is 9.64. The van der Waals surface area contributed by atoms with Crippen molar-refractivity contribution in [1.29, 1.82) is 0 Å². The molecule has 0 heterocycles. The van der Waals surface area contributed by atoms with Crippen molar-refractivity contribution in [3.8, 4) is 0 Å². The fourth-order valence-corrected chi connectivity index (χ4v) is 5.95. The van der Waals surface area contributed by atoms with Crippen molar-refractivity contribution in [3.05, 3.63) is 28.7 Å². The summed E-state index contributed by atoms with van der Waals surface area (Å²) in [5, 5.41) is 3.55. The third-order valence-electron chi connectivity index (χ3n) is 5.64. The van der Waals surface area contributed by atoms with Gasteiger partial charge in [-0.3, -0.25) is 0 Å². The molecule has 0 amide bonds. The molecule has 106 valence electrons. The molecule has 5 rings (SSSR count). The zero-order valence-electron chi connectivity index (χ0n) is 11.6. The minimum Gasteiger partial charge on any atom is -0.349 e. The number of nitrogens with one attached hydrogen (secondary N) is 1. The van der Waals surface area contributed by atoms with E-state index in [0.717, 1.165) is 32.9 Å². The highest BCUT2D eigenvalue weighted by molar-refractivity contribution is 9.10. The van der Waals surface area contributed by atoms with E-state index in [9.17, 15) is 0 Å². The highest BCUT2D eigenvalue weighted by Crippen LogP contribution is 2.60. The molecular weight excluding hydrogens is 330 g/mol. The van der Waals surface area contributed by atoms with Crippen LogP contribution in [0.1, 0.15) is 38.5 Å². The average molecular weight is 350 g/mol. The molecule has 4 fully saturated rings. The van der Waals surface area contributed by atoms with Crippen molar-refractivity contribution in [1.82, 2.24) is 0 Å². The maximum Gasteiger partial charge on any atom is 0.0860 e. The predicted molar refractivity (Wildman–Crippen MR) is 91.0 cm³/mol. The van der Waals surface area contributed by atoms with Crippen LogP contribution in [0.5, 0.6) is 0 Å². The second-order valence-corrected chi connectivity index (χ2v) is 8.39. The van der Waals surface area contributed by atoms with Gasteiger partial charge < -0.3 is 5.32 Å². The van der Waals surface area contributed by atoms with Gasteiger partial charge in [0.15, 0.2) is 0 Å². The smallest absolute Gasteiger partial charge is 0.0860 e. The number of rotatable bonds is 2. The molecule has 4 saturated carbocycles. The van der Waals surface area contributed by atoms with E-state index in [4.69, 9.17) is 12.2 Å². The number of thiocarbonyl (C=S) groups is 1. The van der Waals surface area contributed by atoms with Crippen molar-refractivity contribution >= 4 is 38.8 Å². The number of hydrogen-bond acceptors (Lipinski definition) is 1. The fourth-order valence-electron chi connectivity index (χ4n) is 5.21. The molecule has 1 nitrogen and oxygen atoms in total. The normalized spacial score (nSPS) is 38.0. The minimum atomic E-state index is 0.305. The average Bonchev–Trinajstić information content (AvgIpc) is 2.40. The van der Waals surface area contributed by atoms with Gasteiger partial charge in [0.25, 0.3) is 0 Å². The fraction of sp³-hybridized carbons (Fsp3) is 0.588. The summed E-state index contributed by atoms with van der Waals surface area (Å²) in [6.45, 7) is 0. The van der Waals surface area contributed by atoms with Crippen LogP contribution in [-0.2, 0) is 0 Å². The maximum atomic E-state index is 5.86. The summed E-state index contributed by atoms with van der Waals surface area (Å²) >= 11 is 9.47. The summed E-state index contributed by atoms with van der Waals surface area (Å²) in [6, 6.07) is 8.29. The van der Waals surface area contributed by atoms with Gasteiger partial charge in [-0.2, -0.15) is 0 Å². The molecule has 4 aliphatic carbocycles.